The number of hydrogen-bond donors (Lipinski definition) is 1. The zero-order valence-electron chi connectivity index (χ0n) is 5.71. The van der Waals surface area contributed by atoms with E-state index >= 15 is 0 Å². The van der Waals surface area contributed by atoms with Crippen LogP contribution in [-0.4, -0.2) is 19.7 Å². The third kappa shape index (κ3) is 3.60. The fourth-order valence-electron chi connectivity index (χ4n) is 0.450. The monoisotopic (exact) mass is 140 g/mol. The molecule has 1 amide bonds. The molecule has 0 spiro atoms. The predicted octanol–water partition coefficient (Wildman–Crippen LogP) is 0.749. The van der Waals surface area contributed by atoms with Gasteiger partial charge in [0.1, 0.15) is 0 Å². The maximum Gasteiger partial charge on any atom is 0.207 e. The normalized spacial score (nSPS) is 10.2. The minimum atomic E-state index is 0. The lowest BCUT2D eigenvalue weighted by atomic mass is 10.4. The summed E-state index contributed by atoms with van der Waals surface area (Å²) in [7, 11) is 0. The lowest BCUT2D eigenvalue weighted by molar-refractivity contribution is -0.109. The molecule has 0 saturated carbocycles. The average Bonchev–Trinajstić information content (AvgIpc) is 1.98. The summed E-state index contributed by atoms with van der Waals surface area (Å²) < 4.78 is 0. The number of rotatable bonds is 5. The van der Waals surface area contributed by atoms with Gasteiger partial charge in [-0.1, -0.05) is 12.7 Å². The van der Waals surface area contributed by atoms with Crippen LogP contribution in [0.25, 0.3) is 0 Å². The summed E-state index contributed by atoms with van der Waals surface area (Å²) in [5, 5.41) is 2.45. The highest BCUT2D eigenvalue weighted by Crippen LogP contribution is 1.91. The molecule has 0 radical (unpaired) electrons. The quantitative estimate of drug-likeness (QED) is 0.341. The molecule has 0 aliphatic carbocycles. The summed E-state index contributed by atoms with van der Waals surface area (Å²) in [4.78, 5) is 13.4. The Morgan fingerprint density at radius 2 is 2.50 bits per heavy atom. The molecule has 0 bridgehead atoms. The molecule has 0 aliphatic heterocycles. The van der Waals surface area contributed by atoms with E-state index in [1.807, 2.05) is 0 Å². The number of nitrogens with one attached hydrogen (secondary N) is 1. The van der Waals surface area contributed by atoms with E-state index in [9.17, 15) is 4.79 Å². The van der Waals surface area contributed by atoms with Gasteiger partial charge in [0, 0.05) is 1.43 Å². The highest BCUT2D eigenvalue weighted by Gasteiger charge is 1.86. The predicted molar refractivity (Wildman–Crippen MR) is 44.0 cm³/mol. The second-order valence-corrected chi connectivity index (χ2v) is 1.55. The van der Waals surface area contributed by atoms with Crippen molar-refractivity contribution in [1.29, 1.82) is 0 Å². The molecule has 0 aromatic rings. The van der Waals surface area contributed by atoms with Gasteiger partial charge in [-0.25, -0.2) is 0 Å². The van der Waals surface area contributed by atoms with Crippen LogP contribution >= 0.6 is 0 Å². The number of allylic oxidation sites excluding steroid dienone is 2. The molecular weight excluding hydrogens is 128 g/mol. The molecule has 0 saturated heterocycles. The van der Waals surface area contributed by atoms with E-state index in [0.29, 0.717) is 18.7 Å². The van der Waals surface area contributed by atoms with Crippen LogP contribution in [-0.2, 0) is 4.79 Å². The minimum absolute atomic E-state index is 0. The summed E-state index contributed by atoms with van der Waals surface area (Å²) in [6.07, 6.45) is 3.89. The number of aliphatic imine (C=N–C) groups is 1. The smallest absolute Gasteiger partial charge is 0.207 e. The number of nitrogens with zero attached hydrogens (tertiary/aromatic N) is 1. The third-order valence-corrected chi connectivity index (χ3v) is 0.880. The Kier molecular flexibility index (Phi) is 4.96. The van der Waals surface area contributed by atoms with Crippen molar-refractivity contribution in [3.05, 3.63) is 24.4 Å². The second-order valence-electron chi connectivity index (χ2n) is 1.55. The van der Waals surface area contributed by atoms with Crippen LogP contribution in [0.3, 0.4) is 0 Å². The van der Waals surface area contributed by atoms with Crippen molar-refractivity contribution in [2.24, 2.45) is 4.99 Å². The van der Waals surface area contributed by atoms with E-state index in [-0.39, 0.29) is 1.43 Å². The van der Waals surface area contributed by atoms with Gasteiger partial charge in [-0.2, -0.15) is 0 Å². The first-order valence-corrected chi connectivity index (χ1v) is 2.80. The van der Waals surface area contributed by atoms with E-state index in [1.165, 1.54) is 0 Å². The standard InChI is InChI=1S/C7H10N2O.H2/c1-3-4-7(8-2)5-9-6-10;/h3-4,6H,1-2,5H2,(H,9,10);1H/b7-4-;. The fourth-order valence-corrected chi connectivity index (χ4v) is 0.450. The maximum atomic E-state index is 9.80. The zero-order valence-corrected chi connectivity index (χ0v) is 5.71. The molecule has 3 nitrogen and oxygen atoms in total. The Morgan fingerprint density at radius 3 is 2.90 bits per heavy atom. The van der Waals surface area contributed by atoms with Crippen LogP contribution in [0.1, 0.15) is 1.43 Å². The van der Waals surface area contributed by atoms with Crippen LogP contribution in [0.4, 0.5) is 0 Å². The molecule has 1 N–H and O–H groups in total. The Balaban J connectivity index is 0. The van der Waals surface area contributed by atoms with Crippen molar-refractivity contribution >= 4 is 13.1 Å². The molecule has 0 atom stereocenters. The van der Waals surface area contributed by atoms with E-state index in [4.69, 9.17) is 0 Å². The largest absolute Gasteiger partial charge is 0.353 e. The number of hydrogen-bond acceptors (Lipinski definition) is 2. The van der Waals surface area contributed by atoms with Crippen LogP contribution in [0.5, 0.6) is 0 Å². The molecule has 0 fully saturated rings. The summed E-state index contributed by atoms with van der Waals surface area (Å²) >= 11 is 0. The van der Waals surface area contributed by atoms with Gasteiger partial charge in [0.2, 0.25) is 6.41 Å². The van der Waals surface area contributed by atoms with Crippen molar-refractivity contribution in [3.63, 3.8) is 0 Å². The Morgan fingerprint density at radius 1 is 1.80 bits per heavy atom. The number of carbonyl (C=O) groups is 1. The first-order chi connectivity index (χ1) is 4.85. The van der Waals surface area contributed by atoms with Gasteiger partial charge in [-0.3, -0.25) is 9.79 Å². The molecule has 56 valence electrons. The van der Waals surface area contributed by atoms with Crippen LogP contribution < -0.4 is 5.32 Å². The molecule has 10 heavy (non-hydrogen) atoms. The van der Waals surface area contributed by atoms with E-state index in [2.05, 4.69) is 23.6 Å². The minimum Gasteiger partial charge on any atom is -0.353 e. The second kappa shape index (κ2) is 5.75. The van der Waals surface area contributed by atoms with Crippen molar-refractivity contribution in [3.8, 4) is 0 Å². The summed E-state index contributed by atoms with van der Waals surface area (Å²) in [5.74, 6) is 0. The van der Waals surface area contributed by atoms with Crippen molar-refractivity contribution in [2.75, 3.05) is 6.54 Å². The summed E-state index contributed by atoms with van der Waals surface area (Å²) in [6, 6.07) is 0. The Hall–Kier alpha value is -1.38. The Labute approximate surface area is 61.6 Å². The van der Waals surface area contributed by atoms with Crippen molar-refractivity contribution in [2.45, 2.75) is 0 Å². The lowest BCUT2D eigenvalue weighted by Gasteiger charge is -1.95. The van der Waals surface area contributed by atoms with Gasteiger partial charge in [-0.15, -0.1) is 0 Å². The van der Waals surface area contributed by atoms with E-state index in [1.54, 1.807) is 12.2 Å². The van der Waals surface area contributed by atoms with Gasteiger partial charge < -0.3 is 5.32 Å². The molecule has 0 aromatic carbocycles. The highest BCUT2D eigenvalue weighted by molar-refractivity contribution is 5.47. The average molecular weight is 140 g/mol. The summed E-state index contributed by atoms with van der Waals surface area (Å²) in [5.41, 5.74) is 0.696. The van der Waals surface area contributed by atoms with Gasteiger partial charge in [0.05, 0.1) is 12.2 Å². The molecule has 3 heteroatoms. The first kappa shape index (κ1) is 8.62. The van der Waals surface area contributed by atoms with Crippen molar-refractivity contribution in [1.82, 2.24) is 5.32 Å². The third-order valence-electron chi connectivity index (χ3n) is 0.880. The zero-order chi connectivity index (χ0) is 7.82. The number of amides is 1. The van der Waals surface area contributed by atoms with E-state index < -0.39 is 0 Å². The molecule has 0 aliphatic rings. The topological polar surface area (TPSA) is 41.5 Å². The SMILES string of the molecule is C=C/C=C(/CNC=O)N=C.[HH]. The van der Waals surface area contributed by atoms with Crippen molar-refractivity contribution < 1.29 is 6.22 Å². The van der Waals surface area contributed by atoms with Crippen LogP contribution in [0, 0.1) is 0 Å². The van der Waals surface area contributed by atoms with Gasteiger partial charge >= 0.3 is 0 Å². The Bertz CT molecular complexity index is 166. The molecule has 0 unspecified atom stereocenters. The highest BCUT2D eigenvalue weighted by atomic mass is 16.1. The summed E-state index contributed by atoms with van der Waals surface area (Å²) in [6.45, 7) is 7.19. The first-order valence-electron chi connectivity index (χ1n) is 2.80. The van der Waals surface area contributed by atoms with Gasteiger partial charge in [0.25, 0.3) is 0 Å². The number of carbonyl (C=O) groups excluding carboxylic acids is 1. The fraction of sp³-hybridized carbons (Fsp3) is 0.143. The molecular formula is C7H12N2O. The lowest BCUT2D eigenvalue weighted by Crippen LogP contribution is -2.13. The van der Waals surface area contributed by atoms with Crippen LogP contribution in [0.15, 0.2) is 29.4 Å². The molecule has 0 rings (SSSR count). The molecule has 0 heterocycles. The maximum absolute atomic E-state index is 9.80. The van der Waals surface area contributed by atoms with Crippen LogP contribution in [0.2, 0.25) is 0 Å². The van der Waals surface area contributed by atoms with Gasteiger partial charge in [-0.05, 0) is 12.8 Å². The van der Waals surface area contributed by atoms with E-state index in [0.717, 1.165) is 0 Å². The molecule has 0 aromatic heterocycles. The van der Waals surface area contributed by atoms with Gasteiger partial charge in [0.15, 0.2) is 0 Å².